The number of rotatable bonds is 6. The highest BCUT2D eigenvalue weighted by atomic mass is 35.5. The van der Waals surface area contributed by atoms with Crippen LogP contribution in [0, 0.1) is 0 Å². The van der Waals surface area contributed by atoms with Crippen molar-refractivity contribution in [3.8, 4) is 0 Å². The van der Waals surface area contributed by atoms with E-state index in [9.17, 15) is 8.42 Å². The summed E-state index contributed by atoms with van der Waals surface area (Å²) >= 11 is 5.90. The van der Waals surface area contributed by atoms with Crippen LogP contribution < -0.4 is 4.72 Å². The smallest absolute Gasteiger partial charge is 0.236 e. The maximum atomic E-state index is 12.3. The molecule has 2 aromatic carbocycles. The third-order valence-corrected chi connectivity index (χ3v) is 5.13. The molecule has 0 aliphatic rings. The zero-order valence-corrected chi connectivity index (χ0v) is 15.0. The molecule has 6 heteroatoms. The lowest BCUT2D eigenvalue weighted by Gasteiger charge is -2.09. The largest absolute Gasteiger partial charge is 0.283 e. The number of pyridine rings is 1. The van der Waals surface area contributed by atoms with Crippen LogP contribution in [0.25, 0.3) is 0 Å². The maximum Gasteiger partial charge on any atom is 0.236 e. The number of nitrogens with one attached hydrogen (secondary N) is 1. The fraction of sp³-hybridized carbons (Fsp3) is 0.105. The zero-order valence-electron chi connectivity index (χ0n) is 13.4. The van der Waals surface area contributed by atoms with Crippen LogP contribution >= 0.6 is 11.6 Å². The third kappa shape index (κ3) is 5.31. The normalized spacial score (nSPS) is 11.2. The van der Waals surface area contributed by atoms with Crippen LogP contribution in [-0.2, 0) is 22.2 Å². The lowest BCUT2D eigenvalue weighted by Crippen LogP contribution is -2.15. The Morgan fingerprint density at radius 1 is 0.880 bits per heavy atom. The molecule has 1 N–H and O–H groups in total. The second kappa shape index (κ2) is 7.68. The van der Waals surface area contributed by atoms with Crippen molar-refractivity contribution >= 4 is 27.3 Å². The van der Waals surface area contributed by atoms with Gasteiger partial charge in [-0.25, -0.2) is 8.42 Å². The number of sulfonamides is 1. The Hall–Kier alpha value is -2.37. The molecule has 128 valence electrons. The van der Waals surface area contributed by atoms with Gasteiger partial charge in [0, 0.05) is 23.1 Å². The third-order valence-electron chi connectivity index (χ3n) is 3.63. The summed E-state index contributed by atoms with van der Waals surface area (Å²) in [4.78, 5) is 4.00. The van der Waals surface area contributed by atoms with Crippen molar-refractivity contribution in [2.75, 3.05) is 4.72 Å². The molecule has 0 amide bonds. The van der Waals surface area contributed by atoms with Gasteiger partial charge in [-0.2, -0.15) is 0 Å². The van der Waals surface area contributed by atoms with Gasteiger partial charge in [-0.3, -0.25) is 9.71 Å². The molecule has 1 aromatic heterocycles. The van der Waals surface area contributed by atoms with Gasteiger partial charge in [0.25, 0.3) is 0 Å². The molecule has 0 radical (unpaired) electrons. The Morgan fingerprint density at radius 2 is 1.56 bits per heavy atom. The van der Waals surface area contributed by atoms with Crippen LogP contribution in [0.3, 0.4) is 0 Å². The monoisotopic (exact) mass is 372 g/mol. The van der Waals surface area contributed by atoms with Gasteiger partial charge in [-0.05, 0) is 59.5 Å². The average Bonchev–Trinajstić information content (AvgIpc) is 2.57. The number of aromatic nitrogens is 1. The minimum Gasteiger partial charge on any atom is -0.283 e. The fourth-order valence-electron chi connectivity index (χ4n) is 2.49. The van der Waals surface area contributed by atoms with Gasteiger partial charge in [0.2, 0.25) is 10.0 Å². The van der Waals surface area contributed by atoms with Gasteiger partial charge < -0.3 is 0 Å². The molecular weight excluding hydrogens is 356 g/mol. The number of benzene rings is 2. The number of anilines is 1. The van der Waals surface area contributed by atoms with E-state index in [4.69, 9.17) is 11.6 Å². The molecule has 0 fully saturated rings. The number of hydrogen-bond acceptors (Lipinski definition) is 3. The van der Waals surface area contributed by atoms with Gasteiger partial charge in [0.15, 0.2) is 0 Å². The first-order valence-corrected chi connectivity index (χ1v) is 9.76. The summed E-state index contributed by atoms with van der Waals surface area (Å²) in [6.07, 6.45) is 4.29. The van der Waals surface area contributed by atoms with Crippen molar-refractivity contribution in [2.45, 2.75) is 12.2 Å². The van der Waals surface area contributed by atoms with Gasteiger partial charge >= 0.3 is 0 Å². The SMILES string of the molecule is O=S(=O)(Cc1cccc(Cl)c1)Nc1ccc(Cc2ccncc2)cc1. The number of hydrogen-bond donors (Lipinski definition) is 1. The van der Waals surface area contributed by atoms with Crippen LogP contribution in [0.2, 0.25) is 5.02 Å². The molecule has 0 saturated heterocycles. The molecule has 0 unspecified atom stereocenters. The maximum absolute atomic E-state index is 12.3. The molecule has 1 heterocycles. The first-order valence-electron chi connectivity index (χ1n) is 7.73. The molecule has 0 saturated carbocycles. The van der Waals surface area contributed by atoms with Gasteiger partial charge in [-0.1, -0.05) is 35.9 Å². The average molecular weight is 373 g/mol. The summed E-state index contributed by atoms with van der Waals surface area (Å²) in [6.45, 7) is 0. The van der Waals surface area contributed by atoms with E-state index in [0.717, 1.165) is 17.5 Å². The summed E-state index contributed by atoms with van der Waals surface area (Å²) in [5.41, 5.74) is 3.45. The lowest BCUT2D eigenvalue weighted by atomic mass is 10.1. The number of halogens is 1. The minimum absolute atomic E-state index is 0.119. The quantitative estimate of drug-likeness (QED) is 0.703. The molecule has 25 heavy (non-hydrogen) atoms. The molecule has 3 aromatic rings. The van der Waals surface area contributed by atoms with Crippen LogP contribution in [0.5, 0.6) is 0 Å². The summed E-state index contributed by atoms with van der Waals surface area (Å²) < 4.78 is 27.2. The Morgan fingerprint density at radius 3 is 2.24 bits per heavy atom. The van der Waals surface area contributed by atoms with Crippen molar-refractivity contribution in [3.05, 3.63) is 94.8 Å². The predicted molar refractivity (Wildman–Crippen MR) is 101 cm³/mol. The Balaban J connectivity index is 1.66. The molecule has 0 atom stereocenters. The van der Waals surface area contributed by atoms with Crippen molar-refractivity contribution < 1.29 is 8.42 Å². The highest BCUT2D eigenvalue weighted by Gasteiger charge is 2.12. The summed E-state index contributed by atoms with van der Waals surface area (Å²) in [5, 5.41) is 0.521. The van der Waals surface area contributed by atoms with E-state index in [0.29, 0.717) is 16.3 Å². The van der Waals surface area contributed by atoms with Crippen LogP contribution in [-0.4, -0.2) is 13.4 Å². The van der Waals surface area contributed by atoms with E-state index in [1.165, 1.54) is 0 Å². The summed E-state index contributed by atoms with van der Waals surface area (Å²) in [7, 11) is -3.49. The topological polar surface area (TPSA) is 59.1 Å². The van der Waals surface area contributed by atoms with Crippen molar-refractivity contribution in [2.24, 2.45) is 0 Å². The first kappa shape index (κ1) is 17.5. The first-order chi connectivity index (χ1) is 12.0. The highest BCUT2D eigenvalue weighted by Crippen LogP contribution is 2.17. The van der Waals surface area contributed by atoms with E-state index in [2.05, 4.69) is 9.71 Å². The molecule has 3 rings (SSSR count). The van der Waals surface area contributed by atoms with Gasteiger partial charge in [0.1, 0.15) is 0 Å². The standard InChI is InChI=1S/C19H17ClN2O2S/c20-18-3-1-2-17(13-18)14-25(23,24)22-19-6-4-15(5-7-19)12-16-8-10-21-11-9-16/h1-11,13,22H,12,14H2. The van der Waals surface area contributed by atoms with E-state index < -0.39 is 10.0 Å². The molecule has 4 nitrogen and oxygen atoms in total. The molecule has 0 aliphatic heterocycles. The van der Waals surface area contributed by atoms with E-state index in [1.807, 2.05) is 24.3 Å². The van der Waals surface area contributed by atoms with Crippen molar-refractivity contribution in [1.29, 1.82) is 0 Å². The number of nitrogens with zero attached hydrogens (tertiary/aromatic N) is 1. The lowest BCUT2D eigenvalue weighted by molar-refractivity contribution is 0.600. The summed E-state index contributed by atoms with van der Waals surface area (Å²) in [5.74, 6) is -0.119. The van der Waals surface area contributed by atoms with Crippen LogP contribution in [0.1, 0.15) is 16.7 Å². The Kier molecular flexibility index (Phi) is 5.36. The second-order valence-electron chi connectivity index (χ2n) is 5.72. The van der Waals surface area contributed by atoms with Crippen molar-refractivity contribution in [3.63, 3.8) is 0 Å². The molecule has 0 spiro atoms. The fourth-order valence-corrected chi connectivity index (χ4v) is 3.89. The predicted octanol–water partition coefficient (Wildman–Crippen LogP) is 4.27. The Labute approximate surface area is 152 Å². The van der Waals surface area contributed by atoms with Gasteiger partial charge in [0.05, 0.1) is 5.75 Å². The zero-order chi connectivity index (χ0) is 17.7. The van der Waals surface area contributed by atoms with E-state index in [1.54, 1.807) is 48.8 Å². The second-order valence-corrected chi connectivity index (χ2v) is 7.88. The van der Waals surface area contributed by atoms with Crippen LogP contribution in [0.4, 0.5) is 5.69 Å². The summed E-state index contributed by atoms with van der Waals surface area (Å²) in [6, 6.07) is 18.1. The van der Waals surface area contributed by atoms with Crippen LogP contribution in [0.15, 0.2) is 73.1 Å². The van der Waals surface area contributed by atoms with Gasteiger partial charge in [-0.15, -0.1) is 0 Å². The Bertz CT molecular complexity index is 943. The highest BCUT2D eigenvalue weighted by molar-refractivity contribution is 7.91. The molecular formula is C19H17ClN2O2S. The molecule has 0 aliphatic carbocycles. The molecule has 0 bridgehead atoms. The van der Waals surface area contributed by atoms with E-state index >= 15 is 0 Å². The van der Waals surface area contributed by atoms with Crippen molar-refractivity contribution in [1.82, 2.24) is 4.98 Å². The minimum atomic E-state index is -3.49. The van der Waals surface area contributed by atoms with E-state index in [-0.39, 0.29) is 5.75 Å².